The Morgan fingerprint density at radius 1 is 1.05 bits per heavy atom. The van der Waals surface area contributed by atoms with Crippen LogP contribution in [0.3, 0.4) is 0 Å². The second kappa shape index (κ2) is 9.16. The van der Waals surface area contributed by atoms with Gasteiger partial charge in [0.2, 0.25) is 0 Å². The van der Waals surface area contributed by atoms with Gasteiger partial charge in [0, 0.05) is 6.42 Å². The molecule has 1 fully saturated rings. The first-order valence-electron chi connectivity index (χ1n) is 8.87. The summed E-state index contributed by atoms with van der Waals surface area (Å²) < 4.78 is 0. The molecule has 0 aromatic rings. The third-order valence-corrected chi connectivity index (χ3v) is 5.36. The average Bonchev–Trinajstić information content (AvgIpc) is 3.22. The Kier molecular flexibility index (Phi) is 7.91. The van der Waals surface area contributed by atoms with E-state index in [1.54, 1.807) is 0 Å². The maximum Gasteiger partial charge on any atom is 0.306 e. The number of aliphatic carboxylic acids is 2. The molecule has 2 N–H and O–H groups in total. The summed E-state index contributed by atoms with van der Waals surface area (Å²) in [6, 6.07) is 0. The maximum absolute atomic E-state index is 11.4. The topological polar surface area (TPSA) is 74.6 Å². The van der Waals surface area contributed by atoms with Gasteiger partial charge in [-0.05, 0) is 43.4 Å². The van der Waals surface area contributed by atoms with Crippen LogP contribution >= 0.6 is 0 Å². The molecular weight excluding hydrogens is 280 g/mol. The minimum atomic E-state index is -0.752. The Labute approximate surface area is 134 Å². The fourth-order valence-electron chi connectivity index (χ4n) is 3.78. The van der Waals surface area contributed by atoms with Crippen LogP contribution < -0.4 is 0 Å². The van der Waals surface area contributed by atoms with Crippen molar-refractivity contribution in [2.75, 3.05) is 0 Å². The van der Waals surface area contributed by atoms with Crippen LogP contribution in [-0.4, -0.2) is 22.2 Å². The minimum Gasteiger partial charge on any atom is -0.481 e. The van der Waals surface area contributed by atoms with Crippen LogP contribution in [0.5, 0.6) is 0 Å². The quantitative estimate of drug-likeness (QED) is 0.483. The first-order chi connectivity index (χ1) is 10.4. The van der Waals surface area contributed by atoms with Gasteiger partial charge in [-0.3, -0.25) is 9.59 Å². The lowest BCUT2D eigenvalue weighted by atomic mass is 9.74. The normalized spacial score (nSPS) is 18.6. The van der Waals surface area contributed by atoms with Crippen LogP contribution in [0.1, 0.15) is 84.5 Å². The first-order valence-corrected chi connectivity index (χ1v) is 8.87. The molecule has 2 atom stereocenters. The highest BCUT2D eigenvalue weighted by atomic mass is 16.4. The van der Waals surface area contributed by atoms with Gasteiger partial charge in [0.05, 0.1) is 5.92 Å². The molecule has 2 unspecified atom stereocenters. The molecule has 0 amide bonds. The summed E-state index contributed by atoms with van der Waals surface area (Å²) in [5.74, 6) is -1.57. The van der Waals surface area contributed by atoms with Crippen molar-refractivity contribution in [2.45, 2.75) is 84.5 Å². The van der Waals surface area contributed by atoms with Crippen molar-refractivity contribution in [1.82, 2.24) is 0 Å². The lowest BCUT2D eigenvalue weighted by Gasteiger charge is -2.30. The predicted octanol–water partition coefficient (Wildman–Crippen LogP) is 4.72. The molecule has 128 valence electrons. The van der Waals surface area contributed by atoms with Crippen molar-refractivity contribution in [1.29, 1.82) is 0 Å². The van der Waals surface area contributed by atoms with E-state index in [2.05, 4.69) is 6.92 Å². The third kappa shape index (κ3) is 5.98. The average molecular weight is 312 g/mol. The van der Waals surface area contributed by atoms with E-state index in [0.29, 0.717) is 6.42 Å². The van der Waals surface area contributed by atoms with Gasteiger partial charge >= 0.3 is 11.9 Å². The fraction of sp³-hybridized carbons (Fsp3) is 0.889. The molecule has 0 spiro atoms. The summed E-state index contributed by atoms with van der Waals surface area (Å²) in [5.41, 5.74) is 0.109. The van der Waals surface area contributed by atoms with Crippen molar-refractivity contribution in [3.8, 4) is 0 Å². The van der Waals surface area contributed by atoms with Gasteiger partial charge in [-0.2, -0.15) is 0 Å². The molecule has 0 aliphatic heterocycles. The van der Waals surface area contributed by atoms with Crippen LogP contribution in [-0.2, 0) is 9.59 Å². The summed E-state index contributed by atoms with van der Waals surface area (Å²) in [5, 5.41) is 18.2. The zero-order valence-electron chi connectivity index (χ0n) is 14.1. The van der Waals surface area contributed by atoms with E-state index in [1.807, 2.05) is 6.92 Å². The van der Waals surface area contributed by atoms with Gasteiger partial charge in [0.1, 0.15) is 0 Å². The van der Waals surface area contributed by atoms with Crippen molar-refractivity contribution in [3.05, 3.63) is 0 Å². The van der Waals surface area contributed by atoms with Crippen LogP contribution in [0.15, 0.2) is 0 Å². The van der Waals surface area contributed by atoms with E-state index in [-0.39, 0.29) is 23.7 Å². The number of carboxylic acids is 2. The van der Waals surface area contributed by atoms with Crippen LogP contribution in [0.2, 0.25) is 0 Å². The largest absolute Gasteiger partial charge is 0.481 e. The van der Waals surface area contributed by atoms with Crippen molar-refractivity contribution in [2.24, 2.45) is 17.3 Å². The van der Waals surface area contributed by atoms with E-state index in [9.17, 15) is 14.7 Å². The number of rotatable bonds is 13. The summed E-state index contributed by atoms with van der Waals surface area (Å²) in [6.45, 7) is 4.02. The van der Waals surface area contributed by atoms with Crippen LogP contribution in [0.4, 0.5) is 0 Å². The number of hydrogen-bond donors (Lipinski definition) is 2. The molecule has 0 aromatic carbocycles. The zero-order chi connectivity index (χ0) is 16.6. The van der Waals surface area contributed by atoms with Gasteiger partial charge < -0.3 is 10.2 Å². The molecule has 1 rings (SSSR count). The SMILES string of the molecule is CCCCCCCC(C(C)C(=O)O)C1(CCCC(=O)O)CC1. The number of carbonyl (C=O) groups is 2. The standard InChI is InChI=1S/C18H32O4/c1-3-4-5-6-7-9-15(14(2)17(21)22)18(12-13-18)11-8-10-16(19)20/h14-15H,3-13H2,1-2H3,(H,19,20)(H,21,22). The molecule has 4 heteroatoms. The lowest BCUT2D eigenvalue weighted by molar-refractivity contribution is -0.144. The van der Waals surface area contributed by atoms with Gasteiger partial charge in [0.25, 0.3) is 0 Å². The molecule has 0 radical (unpaired) electrons. The van der Waals surface area contributed by atoms with Crippen molar-refractivity contribution >= 4 is 11.9 Å². The Hall–Kier alpha value is -1.06. The maximum atomic E-state index is 11.4. The highest BCUT2D eigenvalue weighted by Gasteiger charge is 2.51. The molecular formula is C18H32O4. The molecule has 1 aliphatic rings. The Morgan fingerprint density at radius 2 is 1.68 bits per heavy atom. The second-order valence-electron chi connectivity index (χ2n) is 7.05. The van der Waals surface area contributed by atoms with E-state index in [4.69, 9.17) is 5.11 Å². The summed E-state index contributed by atoms with van der Waals surface area (Å²) >= 11 is 0. The summed E-state index contributed by atoms with van der Waals surface area (Å²) in [6.07, 6.45) is 10.9. The van der Waals surface area contributed by atoms with E-state index >= 15 is 0 Å². The molecule has 22 heavy (non-hydrogen) atoms. The van der Waals surface area contributed by atoms with Crippen LogP contribution in [0.25, 0.3) is 0 Å². The number of carboxylic acid groups (broad SMARTS) is 2. The monoisotopic (exact) mass is 312 g/mol. The minimum absolute atomic E-state index is 0.109. The third-order valence-electron chi connectivity index (χ3n) is 5.36. The van der Waals surface area contributed by atoms with Gasteiger partial charge in [-0.25, -0.2) is 0 Å². The summed E-state index contributed by atoms with van der Waals surface area (Å²) in [7, 11) is 0. The Bertz CT molecular complexity index is 360. The molecule has 0 aromatic heterocycles. The fourth-order valence-corrected chi connectivity index (χ4v) is 3.78. The molecule has 0 bridgehead atoms. The predicted molar refractivity (Wildman–Crippen MR) is 86.8 cm³/mol. The second-order valence-corrected chi connectivity index (χ2v) is 7.05. The highest BCUT2D eigenvalue weighted by molar-refractivity contribution is 5.70. The molecule has 0 heterocycles. The van der Waals surface area contributed by atoms with Crippen LogP contribution in [0, 0.1) is 17.3 Å². The summed E-state index contributed by atoms with van der Waals surface area (Å²) in [4.78, 5) is 22.1. The molecule has 0 saturated heterocycles. The molecule has 1 saturated carbocycles. The molecule has 1 aliphatic carbocycles. The molecule has 4 nitrogen and oxygen atoms in total. The van der Waals surface area contributed by atoms with Crippen molar-refractivity contribution in [3.63, 3.8) is 0 Å². The van der Waals surface area contributed by atoms with Crippen molar-refractivity contribution < 1.29 is 19.8 Å². The van der Waals surface area contributed by atoms with Gasteiger partial charge in [-0.1, -0.05) is 46.0 Å². The Balaban J connectivity index is 2.53. The number of hydrogen-bond acceptors (Lipinski definition) is 2. The number of unbranched alkanes of at least 4 members (excludes halogenated alkanes) is 4. The van der Waals surface area contributed by atoms with Gasteiger partial charge in [-0.15, -0.1) is 0 Å². The smallest absolute Gasteiger partial charge is 0.306 e. The zero-order valence-corrected chi connectivity index (χ0v) is 14.1. The lowest BCUT2D eigenvalue weighted by Crippen LogP contribution is -2.29. The van der Waals surface area contributed by atoms with E-state index < -0.39 is 11.9 Å². The van der Waals surface area contributed by atoms with E-state index in [1.165, 1.54) is 25.7 Å². The first kappa shape index (κ1) is 19.0. The van der Waals surface area contributed by atoms with Gasteiger partial charge in [0.15, 0.2) is 0 Å². The highest BCUT2D eigenvalue weighted by Crippen LogP contribution is 2.59. The van der Waals surface area contributed by atoms with E-state index in [0.717, 1.165) is 32.1 Å². The Morgan fingerprint density at radius 3 is 2.18 bits per heavy atom.